The molecule has 0 bridgehead atoms. The van der Waals surface area contributed by atoms with Crippen molar-refractivity contribution in [2.75, 3.05) is 0 Å². The number of nitro groups is 1. The zero-order chi connectivity index (χ0) is 18.4. The third-order valence-corrected chi connectivity index (χ3v) is 3.90. The number of carbonyl (C=O) groups is 1. The molecule has 0 aliphatic carbocycles. The average Bonchev–Trinajstić information content (AvgIpc) is 2.60. The molecule has 130 valence electrons. The Morgan fingerprint density at radius 3 is 2.40 bits per heavy atom. The lowest BCUT2D eigenvalue weighted by Crippen LogP contribution is -2.19. The van der Waals surface area contributed by atoms with E-state index in [9.17, 15) is 14.9 Å². The molecule has 2 rings (SSSR count). The SMILES string of the molecule is CCCc1ccc(/C(C)=N/NC(=O)c2ccc(C)c([N+](=O)[O-])c2)cc1. The summed E-state index contributed by atoms with van der Waals surface area (Å²) in [4.78, 5) is 22.6. The van der Waals surface area contributed by atoms with E-state index in [1.807, 2.05) is 24.3 Å². The van der Waals surface area contributed by atoms with Crippen LogP contribution in [-0.2, 0) is 6.42 Å². The first-order valence-electron chi connectivity index (χ1n) is 8.11. The predicted molar refractivity (Wildman–Crippen MR) is 97.9 cm³/mol. The van der Waals surface area contributed by atoms with Crippen molar-refractivity contribution < 1.29 is 9.72 Å². The van der Waals surface area contributed by atoms with Gasteiger partial charge in [-0.1, -0.05) is 43.7 Å². The monoisotopic (exact) mass is 339 g/mol. The molecular formula is C19H21N3O3. The second-order valence-corrected chi connectivity index (χ2v) is 5.84. The number of hydrogen-bond acceptors (Lipinski definition) is 4. The molecule has 2 aromatic rings. The smallest absolute Gasteiger partial charge is 0.267 e. The molecule has 0 aliphatic heterocycles. The summed E-state index contributed by atoms with van der Waals surface area (Å²) in [6.45, 7) is 5.56. The summed E-state index contributed by atoms with van der Waals surface area (Å²) in [6.07, 6.45) is 2.12. The van der Waals surface area contributed by atoms with Crippen LogP contribution < -0.4 is 5.43 Å². The summed E-state index contributed by atoms with van der Waals surface area (Å²) in [5.74, 6) is -0.481. The Kier molecular flexibility index (Phi) is 6.00. The number of hydrazone groups is 1. The number of aryl methyl sites for hydroxylation is 2. The van der Waals surface area contributed by atoms with Crippen LogP contribution in [0.2, 0.25) is 0 Å². The van der Waals surface area contributed by atoms with Gasteiger partial charge < -0.3 is 0 Å². The molecular weight excluding hydrogens is 318 g/mol. The van der Waals surface area contributed by atoms with Gasteiger partial charge in [-0.15, -0.1) is 0 Å². The number of amides is 1. The minimum Gasteiger partial charge on any atom is -0.267 e. The van der Waals surface area contributed by atoms with Crippen molar-refractivity contribution in [1.82, 2.24) is 5.43 Å². The van der Waals surface area contributed by atoms with Crippen LogP contribution in [0.5, 0.6) is 0 Å². The van der Waals surface area contributed by atoms with Crippen molar-refractivity contribution in [1.29, 1.82) is 0 Å². The number of hydrogen-bond donors (Lipinski definition) is 1. The molecule has 0 radical (unpaired) electrons. The normalized spacial score (nSPS) is 11.2. The van der Waals surface area contributed by atoms with Crippen molar-refractivity contribution in [3.8, 4) is 0 Å². The summed E-state index contributed by atoms with van der Waals surface area (Å²) >= 11 is 0. The van der Waals surface area contributed by atoms with Crippen molar-refractivity contribution in [3.63, 3.8) is 0 Å². The maximum absolute atomic E-state index is 12.2. The summed E-state index contributed by atoms with van der Waals surface area (Å²) in [7, 11) is 0. The van der Waals surface area contributed by atoms with E-state index in [0.29, 0.717) is 11.3 Å². The van der Waals surface area contributed by atoms with Gasteiger partial charge >= 0.3 is 0 Å². The van der Waals surface area contributed by atoms with Crippen molar-refractivity contribution in [2.45, 2.75) is 33.6 Å². The van der Waals surface area contributed by atoms with Gasteiger partial charge in [-0.2, -0.15) is 5.10 Å². The van der Waals surface area contributed by atoms with Gasteiger partial charge in [0, 0.05) is 17.2 Å². The van der Waals surface area contributed by atoms with E-state index in [-0.39, 0.29) is 11.3 Å². The molecule has 25 heavy (non-hydrogen) atoms. The van der Waals surface area contributed by atoms with E-state index in [1.54, 1.807) is 26.0 Å². The molecule has 0 unspecified atom stereocenters. The first-order chi connectivity index (χ1) is 11.9. The van der Waals surface area contributed by atoms with Crippen LogP contribution in [0.25, 0.3) is 0 Å². The van der Waals surface area contributed by atoms with Crippen LogP contribution in [0.1, 0.15) is 47.3 Å². The van der Waals surface area contributed by atoms with E-state index >= 15 is 0 Å². The first kappa shape index (κ1) is 18.3. The topological polar surface area (TPSA) is 84.6 Å². The van der Waals surface area contributed by atoms with E-state index < -0.39 is 10.8 Å². The lowest BCUT2D eigenvalue weighted by Gasteiger charge is -2.05. The van der Waals surface area contributed by atoms with Crippen molar-refractivity contribution in [3.05, 3.63) is 74.8 Å². The molecule has 6 heteroatoms. The number of nitro benzene ring substituents is 1. The number of nitrogens with one attached hydrogen (secondary N) is 1. The molecule has 0 saturated carbocycles. The van der Waals surface area contributed by atoms with Crippen molar-refractivity contribution in [2.24, 2.45) is 5.10 Å². The highest BCUT2D eigenvalue weighted by molar-refractivity contribution is 6.01. The minimum atomic E-state index is -0.502. The fourth-order valence-electron chi connectivity index (χ4n) is 2.41. The third-order valence-electron chi connectivity index (χ3n) is 3.90. The molecule has 0 fully saturated rings. The number of rotatable bonds is 6. The number of benzene rings is 2. The first-order valence-corrected chi connectivity index (χ1v) is 8.11. The summed E-state index contributed by atoms with van der Waals surface area (Å²) in [6, 6.07) is 12.4. The Hall–Kier alpha value is -3.02. The Morgan fingerprint density at radius 1 is 1.16 bits per heavy atom. The van der Waals surface area contributed by atoms with Crippen molar-refractivity contribution >= 4 is 17.3 Å². The fraction of sp³-hybridized carbons (Fsp3) is 0.263. The maximum Gasteiger partial charge on any atom is 0.273 e. The van der Waals surface area contributed by atoms with E-state index in [1.165, 1.54) is 11.6 Å². The average molecular weight is 339 g/mol. The number of nitrogens with zero attached hydrogens (tertiary/aromatic N) is 2. The standard InChI is InChI=1S/C19H21N3O3/c1-4-5-15-7-10-16(11-8-15)14(3)20-21-19(23)17-9-6-13(2)18(12-17)22(24)25/h6-12H,4-5H2,1-3H3,(H,21,23)/b20-14+. The van der Waals surface area contributed by atoms with Gasteiger partial charge in [0.2, 0.25) is 0 Å². The Morgan fingerprint density at radius 2 is 1.80 bits per heavy atom. The van der Waals surface area contributed by atoms with Crippen LogP contribution in [0, 0.1) is 17.0 Å². The zero-order valence-electron chi connectivity index (χ0n) is 14.6. The summed E-state index contributed by atoms with van der Waals surface area (Å²) in [5, 5.41) is 15.1. The summed E-state index contributed by atoms with van der Waals surface area (Å²) in [5.41, 5.74) is 5.91. The highest BCUT2D eigenvalue weighted by atomic mass is 16.6. The van der Waals surface area contributed by atoms with Crippen LogP contribution in [0.15, 0.2) is 47.6 Å². The van der Waals surface area contributed by atoms with Crippen LogP contribution >= 0.6 is 0 Å². The molecule has 0 atom stereocenters. The second kappa shape index (κ2) is 8.19. The fourth-order valence-corrected chi connectivity index (χ4v) is 2.41. The molecule has 0 saturated heterocycles. The molecule has 2 aromatic carbocycles. The minimum absolute atomic E-state index is 0.0835. The van der Waals surface area contributed by atoms with E-state index in [0.717, 1.165) is 18.4 Å². The molecule has 0 heterocycles. The van der Waals surface area contributed by atoms with Gasteiger partial charge in [0.05, 0.1) is 10.6 Å². The molecule has 0 aliphatic rings. The van der Waals surface area contributed by atoms with Crippen LogP contribution in [0.4, 0.5) is 5.69 Å². The highest BCUT2D eigenvalue weighted by Gasteiger charge is 2.14. The zero-order valence-corrected chi connectivity index (χ0v) is 14.6. The molecule has 0 aromatic heterocycles. The molecule has 0 spiro atoms. The van der Waals surface area contributed by atoms with Crippen LogP contribution in [-0.4, -0.2) is 16.5 Å². The van der Waals surface area contributed by atoms with Gasteiger partial charge in [0.1, 0.15) is 0 Å². The second-order valence-electron chi connectivity index (χ2n) is 5.84. The number of carbonyl (C=O) groups excluding carboxylic acids is 1. The quantitative estimate of drug-likeness (QED) is 0.490. The predicted octanol–water partition coefficient (Wildman–Crippen LogP) is 4.01. The van der Waals surface area contributed by atoms with Gasteiger partial charge in [-0.05, 0) is 37.5 Å². The third kappa shape index (κ3) is 4.73. The highest BCUT2D eigenvalue weighted by Crippen LogP contribution is 2.19. The van der Waals surface area contributed by atoms with Crippen LogP contribution in [0.3, 0.4) is 0 Å². The lowest BCUT2D eigenvalue weighted by atomic mass is 10.1. The summed E-state index contributed by atoms with van der Waals surface area (Å²) < 4.78 is 0. The van der Waals surface area contributed by atoms with E-state index in [2.05, 4.69) is 17.5 Å². The molecule has 6 nitrogen and oxygen atoms in total. The van der Waals surface area contributed by atoms with Gasteiger partial charge in [0.15, 0.2) is 0 Å². The van der Waals surface area contributed by atoms with Gasteiger partial charge in [-0.25, -0.2) is 5.43 Å². The van der Waals surface area contributed by atoms with Gasteiger partial charge in [-0.3, -0.25) is 14.9 Å². The Balaban J connectivity index is 2.11. The largest absolute Gasteiger partial charge is 0.273 e. The molecule has 1 amide bonds. The Bertz CT molecular complexity index is 811. The molecule has 1 N–H and O–H groups in total. The maximum atomic E-state index is 12.2. The van der Waals surface area contributed by atoms with E-state index in [4.69, 9.17) is 0 Å². The van der Waals surface area contributed by atoms with Gasteiger partial charge in [0.25, 0.3) is 11.6 Å². The lowest BCUT2D eigenvalue weighted by molar-refractivity contribution is -0.385. The Labute approximate surface area is 146 Å².